The minimum Gasteiger partial charge on any atom is -0.450 e. The van der Waals surface area contributed by atoms with Gasteiger partial charge in [-0.15, -0.1) is 0 Å². The predicted octanol–water partition coefficient (Wildman–Crippen LogP) is -1.24. The molecule has 2 fully saturated rings. The lowest BCUT2D eigenvalue weighted by molar-refractivity contribution is -0.140. The Hall–Kier alpha value is -5.20. The van der Waals surface area contributed by atoms with E-state index in [-0.39, 0.29) is 115 Å². The van der Waals surface area contributed by atoms with Crippen LogP contribution in [0, 0.1) is 0 Å². The molecule has 0 spiro atoms. The predicted molar refractivity (Wildman–Crippen MR) is 218 cm³/mol. The molecule has 2 heterocycles. The molecule has 0 radical (unpaired) electrons. The van der Waals surface area contributed by atoms with E-state index in [4.69, 9.17) is 9.47 Å². The van der Waals surface area contributed by atoms with Gasteiger partial charge in [0.25, 0.3) is 0 Å². The fourth-order valence-corrected chi connectivity index (χ4v) is 6.99. The Bertz CT molecular complexity index is 1510. The summed E-state index contributed by atoms with van der Waals surface area (Å²) in [6, 6.07) is -2.28. The molecule has 2 aliphatic rings. The van der Waals surface area contributed by atoms with Crippen LogP contribution in [-0.4, -0.2) is 163 Å². The van der Waals surface area contributed by atoms with Crippen molar-refractivity contribution in [1.29, 1.82) is 0 Å². The van der Waals surface area contributed by atoms with E-state index in [1.54, 1.807) is 20.1 Å². The van der Waals surface area contributed by atoms with Gasteiger partial charge in [0.05, 0.1) is 37.0 Å². The minimum atomic E-state index is -1.16. The van der Waals surface area contributed by atoms with Crippen molar-refractivity contribution in [2.24, 2.45) is 0 Å². The summed E-state index contributed by atoms with van der Waals surface area (Å²) in [7, 11) is 0. The van der Waals surface area contributed by atoms with Crippen LogP contribution in [0.4, 0.5) is 13.5 Å². The third-order valence-electron chi connectivity index (χ3n) is 9.02. The van der Waals surface area contributed by atoms with Crippen molar-refractivity contribution in [2.75, 3.05) is 65.3 Å². The van der Waals surface area contributed by atoms with Crippen LogP contribution < -0.4 is 37.2 Å². The van der Waals surface area contributed by atoms with Gasteiger partial charge in [-0.05, 0) is 39.4 Å². The number of thioether (sulfide) groups is 1. The molecule has 11 amide bonds. The Balaban J connectivity index is 1.96. The summed E-state index contributed by atoms with van der Waals surface area (Å²) in [6.07, 6.45) is -0.339. The van der Waals surface area contributed by atoms with Crippen LogP contribution in [0.15, 0.2) is 0 Å². The van der Waals surface area contributed by atoms with Crippen molar-refractivity contribution in [3.05, 3.63) is 0 Å². The van der Waals surface area contributed by atoms with Crippen LogP contribution in [0.25, 0.3) is 0 Å². The Morgan fingerprint density at radius 2 is 1.13 bits per heavy atom. The molecule has 2 aliphatic heterocycles. The molecule has 7 N–H and O–H groups in total. The van der Waals surface area contributed by atoms with Gasteiger partial charge >= 0.3 is 12.2 Å². The van der Waals surface area contributed by atoms with E-state index < -0.39 is 89.0 Å². The lowest BCUT2D eigenvalue weighted by Gasteiger charge is -2.23. The number of hydrogen-bond donors (Lipinski definition) is 7. The molecule has 0 saturated carbocycles. The summed E-state index contributed by atoms with van der Waals surface area (Å²) < 4.78 is 22.6. The standard InChI is InChI=1S/C36H56FN9O13S2/c1-4-58-35(56)42-11-7-6-8-23(44-36(57)59-5-2)32(53)43-22(18-28(49)40-14-12-38-26(47)9-16-45-30(51)20-24(60-3)33(45)54)19-29(50)41-15-13-39-27(48)10-17-46-31(52)21-25(61-37)34(46)55/h22-25H,4-21H2,1-3H3,(H,38,47)(H,39,48)(H,40,49)(H,41,50)(H,42,56)(H,43,53)(H,44,57). The number of hydrogen-bond acceptors (Lipinski definition) is 15. The highest BCUT2D eigenvalue weighted by Gasteiger charge is 2.40. The number of carbonyl (C=O) groups excluding carboxylic acids is 11. The molecule has 61 heavy (non-hydrogen) atoms. The second-order valence-corrected chi connectivity index (χ2v) is 15.3. The molecule has 0 aliphatic carbocycles. The third-order valence-corrected chi connectivity index (χ3v) is 10.5. The zero-order chi connectivity index (χ0) is 45.3. The zero-order valence-corrected chi connectivity index (χ0v) is 36.1. The summed E-state index contributed by atoms with van der Waals surface area (Å²) in [5, 5.41) is 16.3. The summed E-state index contributed by atoms with van der Waals surface area (Å²) in [5.74, 6) is -4.95. The van der Waals surface area contributed by atoms with Gasteiger partial charge in [0.15, 0.2) is 0 Å². The van der Waals surface area contributed by atoms with Gasteiger partial charge < -0.3 is 46.7 Å². The van der Waals surface area contributed by atoms with Gasteiger partial charge in [-0.3, -0.25) is 53.0 Å². The van der Waals surface area contributed by atoms with Crippen LogP contribution in [0.1, 0.15) is 71.6 Å². The van der Waals surface area contributed by atoms with Gasteiger partial charge in [-0.1, -0.05) is 0 Å². The fraction of sp³-hybridized carbons (Fsp3) is 0.694. The average Bonchev–Trinajstić information content (AvgIpc) is 3.65. The van der Waals surface area contributed by atoms with E-state index >= 15 is 0 Å². The van der Waals surface area contributed by atoms with Gasteiger partial charge in [-0.2, -0.15) is 15.6 Å². The number of rotatable bonds is 28. The van der Waals surface area contributed by atoms with E-state index in [0.717, 1.165) is 9.80 Å². The van der Waals surface area contributed by atoms with Crippen LogP contribution >= 0.6 is 23.9 Å². The molecule has 0 aromatic carbocycles. The largest absolute Gasteiger partial charge is 0.450 e. The van der Waals surface area contributed by atoms with Crippen molar-refractivity contribution in [3.8, 4) is 0 Å². The first-order chi connectivity index (χ1) is 29.1. The topological polar surface area (TPSA) is 297 Å². The molecule has 2 saturated heterocycles. The lowest BCUT2D eigenvalue weighted by Crippen LogP contribution is -2.51. The van der Waals surface area contributed by atoms with Crippen molar-refractivity contribution in [3.63, 3.8) is 0 Å². The first-order valence-electron chi connectivity index (χ1n) is 19.8. The van der Waals surface area contributed by atoms with Crippen molar-refractivity contribution in [2.45, 2.75) is 94.2 Å². The third kappa shape index (κ3) is 19.4. The fourth-order valence-electron chi connectivity index (χ4n) is 5.94. The maximum Gasteiger partial charge on any atom is 0.407 e. The maximum atomic E-state index is 13.5. The number of nitrogens with zero attached hydrogens (tertiary/aromatic N) is 2. The molecular weight excluding hydrogens is 850 g/mol. The zero-order valence-electron chi connectivity index (χ0n) is 34.4. The number of likely N-dealkylation sites (tertiary alicyclic amines) is 2. The molecule has 4 unspecified atom stereocenters. The summed E-state index contributed by atoms with van der Waals surface area (Å²) in [4.78, 5) is 138. The normalized spacial score (nSPS) is 17.0. The van der Waals surface area contributed by atoms with Crippen molar-refractivity contribution < 1.29 is 66.1 Å². The molecule has 342 valence electrons. The van der Waals surface area contributed by atoms with Crippen LogP contribution in [-0.2, 0) is 52.6 Å². The van der Waals surface area contributed by atoms with Gasteiger partial charge in [0.2, 0.25) is 53.2 Å². The summed E-state index contributed by atoms with van der Waals surface area (Å²) >= 11 is 1.03. The van der Waals surface area contributed by atoms with E-state index in [0.29, 0.717) is 12.8 Å². The van der Waals surface area contributed by atoms with Crippen LogP contribution in [0.5, 0.6) is 0 Å². The Kier molecular flexibility index (Phi) is 24.1. The molecule has 25 heteroatoms. The highest BCUT2D eigenvalue weighted by molar-refractivity contribution is 8.00. The molecule has 0 aromatic rings. The number of amides is 11. The Labute approximate surface area is 361 Å². The van der Waals surface area contributed by atoms with Crippen molar-refractivity contribution >= 4 is 89.3 Å². The number of nitrogens with one attached hydrogen (secondary N) is 7. The van der Waals surface area contributed by atoms with E-state index in [2.05, 4.69) is 37.2 Å². The van der Waals surface area contributed by atoms with E-state index in [9.17, 15) is 56.6 Å². The number of alkyl carbamates (subject to hydrolysis) is 2. The number of ether oxygens (including phenoxy) is 2. The second kappa shape index (κ2) is 28.3. The van der Waals surface area contributed by atoms with E-state index in [1.165, 1.54) is 11.8 Å². The SMILES string of the molecule is CCOC(=O)NCCCCC(NC(=O)OCC)C(=O)NC(CC(=O)NCCNC(=O)CCN1C(=O)CC(SC)C1=O)CC(=O)NCCNC(=O)CCN1C(=O)CC(SF)C1=O. The van der Waals surface area contributed by atoms with Crippen LogP contribution in [0.3, 0.4) is 0 Å². The summed E-state index contributed by atoms with van der Waals surface area (Å²) in [5.41, 5.74) is 0. The van der Waals surface area contributed by atoms with Gasteiger partial charge in [0, 0.05) is 84.0 Å². The monoisotopic (exact) mass is 905 g/mol. The number of unbranched alkanes of at least 4 members (excludes halogenated alkanes) is 1. The highest BCUT2D eigenvalue weighted by atomic mass is 32.2. The molecule has 4 atom stereocenters. The average molecular weight is 906 g/mol. The van der Waals surface area contributed by atoms with Crippen molar-refractivity contribution in [1.82, 2.24) is 47.0 Å². The number of halogens is 1. The van der Waals surface area contributed by atoms with Crippen LogP contribution in [0.2, 0.25) is 0 Å². The maximum absolute atomic E-state index is 13.5. The molecular formula is C36H56FN9O13S2. The van der Waals surface area contributed by atoms with Gasteiger partial charge in [-0.25, -0.2) is 9.59 Å². The smallest absolute Gasteiger partial charge is 0.407 e. The highest BCUT2D eigenvalue weighted by Crippen LogP contribution is 2.26. The number of imide groups is 2. The van der Waals surface area contributed by atoms with E-state index in [1.807, 2.05) is 0 Å². The first kappa shape index (κ1) is 51.9. The minimum absolute atomic E-state index is 0.0124. The molecule has 0 bridgehead atoms. The quantitative estimate of drug-likeness (QED) is 0.0357. The summed E-state index contributed by atoms with van der Waals surface area (Å²) in [6.45, 7) is 3.14. The lowest BCUT2D eigenvalue weighted by atomic mass is 10.1. The second-order valence-electron chi connectivity index (χ2n) is 13.6. The van der Waals surface area contributed by atoms with Gasteiger partial charge in [0.1, 0.15) is 11.3 Å². The number of carbonyl (C=O) groups is 11. The Morgan fingerprint density at radius 1 is 0.656 bits per heavy atom. The molecule has 0 aromatic heterocycles. The molecule has 22 nitrogen and oxygen atoms in total. The first-order valence-corrected chi connectivity index (χ1v) is 21.9. The Morgan fingerprint density at radius 3 is 1.59 bits per heavy atom. The molecule has 2 rings (SSSR count).